The fourth-order valence-corrected chi connectivity index (χ4v) is 3.05. The summed E-state index contributed by atoms with van der Waals surface area (Å²) in [5, 5.41) is 0. The van der Waals surface area contributed by atoms with E-state index in [9.17, 15) is 0 Å². The van der Waals surface area contributed by atoms with Gasteiger partial charge in [0, 0.05) is 43.8 Å². The normalized spacial score (nSPS) is 15.9. The second-order valence-corrected chi connectivity index (χ2v) is 5.97. The van der Waals surface area contributed by atoms with Crippen LogP contribution in [0.4, 0.5) is 11.8 Å². The molecule has 1 aliphatic rings. The lowest BCUT2D eigenvalue weighted by Gasteiger charge is -2.37. The molecule has 5 heteroatoms. The number of piperidine rings is 1. The first-order valence-corrected chi connectivity index (χ1v) is 7.84. The van der Waals surface area contributed by atoms with E-state index in [0.29, 0.717) is 6.04 Å². The molecule has 2 aromatic rings. The number of hydrogen-bond donors (Lipinski definition) is 0. The van der Waals surface area contributed by atoms with Gasteiger partial charge in [0.1, 0.15) is 5.82 Å². The predicted octanol–water partition coefficient (Wildman–Crippen LogP) is 2.59. The van der Waals surface area contributed by atoms with E-state index in [-0.39, 0.29) is 0 Å². The van der Waals surface area contributed by atoms with Crippen LogP contribution >= 0.6 is 0 Å². The molecule has 116 valence electrons. The molecule has 0 radical (unpaired) electrons. The minimum atomic E-state index is 0.525. The van der Waals surface area contributed by atoms with Crippen LogP contribution in [0.15, 0.2) is 30.5 Å². The number of aryl methyl sites for hydroxylation is 2. The quantitative estimate of drug-likeness (QED) is 0.871. The lowest BCUT2D eigenvalue weighted by atomic mass is 10.0. The maximum Gasteiger partial charge on any atom is 0.225 e. The van der Waals surface area contributed by atoms with Crippen molar-refractivity contribution < 1.29 is 0 Å². The number of rotatable bonds is 3. The summed E-state index contributed by atoms with van der Waals surface area (Å²) in [4.78, 5) is 18.2. The SMILES string of the molecule is Cc1cc(C)nc(N2CCC(N(C)c3ccccn3)CC2)n1. The molecular weight excluding hydrogens is 274 g/mol. The second-order valence-electron chi connectivity index (χ2n) is 5.97. The first kappa shape index (κ1) is 14.8. The van der Waals surface area contributed by atoms with Crippen LogP contribution in [0, 0.1) is 13.8 Å². The lowest BCUT2D eigenvalue weighted by molar-refractivity contribution is 0.475. The molecule has 0 aliphatic carbocycles. The van der Waals surface area contributed by atoms with Crippen molar-refractivity contribution in [3.63, 3.8) is 0 Å². The molecule has 1 aliphatic heterocycles. The summed E-state index contributed by atoms with van der Waals surface area (Å²) in [6.07, 6.45) is 4.05. The first-order chi connectivity index (χ1) is 10.6. The summed E-state index contributed by atoms with van der Waals surface area (Å²) >= 11 is 0. The molecule has 0 N–H and O–H groups in total. The first-order valence-electron chi connectivity index (χ1n) is 7.84. The van der Waals surface area contributed by atoms with Crippen molar-refractivity contribution in [1.29, 1.82) is 0 Å². The van der Waals surface area contributed by atoms with Crippen LogP contribution in [0.3, 0.4) is 0 Å². The van der Waals surface area contributed by atoms with Crippen LogP contribution in [-0.2, 0) is 0 Å². The van der Waals surface area contributed by atoms with E-state index < -0.39 is 0 Å². The van der Waals surface area contributed by atoms with Crippen molar-refractivity contribution in [1.82, 2.24) is 15.0 Å². The minimum Gasteiger partial charge on any atom is -0.357 e. The van der Waals surface area contributed by atoms with Gasteiger partial charge < -0.3 is 9.80 Å². The fraction of sp³-hybridized carbons (Fsp3) is 0.471. The second kappa shape index (κ2) is 6.30. The Kier molecular flexibility index (Phi) is 4.22. The summed E-state index contributed by atoms with van der Waals surface area (Å²) in [6.45, 7) is 6.04. The van der Waals surface area contributed by atoms with Crippen molar-refractivity contribution in [2.45, 2.75) is 32.7 Å². The molecular formula is C17H23N5. The van der Waals surface area contributed by atoms with Gasteiger partial charge in [0.25, 0.3) is 0 Å². The molecule has 0 atom stereocenters. The summed E-state index contributed by atoms with van der Waals surface area (Å²) < 4.78 is 0. The van der Waals surface area contributed by atoms with Crippen molar-refractivity contribution in [2.75, 3.05) is 29.9 Å². The van der Waals surface area contributed by atoms with E-state index in [2.05, 4.69) is 37.9 Å². The van der Waals surface area contributed by atoms with Crippen LogP contribution in [0.1, 0.15) is 24.2 Å². The van der Waals surface area contributed by atoms with Crippen molar-refractivity contribution >= 4 is 11.8 Å². The zero-order valence-electron chi connectivity index (χ0n) is 13.5. The Hall–Kier alpha value is -2.17. The molecule has 0 amide bonds. The molecule has 0 saturated carbocycles. The van der Waals surface area contributed by atoms with Gasteiger partial charge in [-0.3, -0.25) is 0 Å². The van der Waals surface area contributed by atoms with E-state index in [1.54, 1.807) is 0 Å². The fourth-order valence-electron chi connectivity index (χ4n) is 3.05. The van der Waals surface area contributed by atoms with E-state index in [1.165, 1.54) is 0 Å². The van der Waals surface area contributed by atoms with Crippen LogP contribution in [0.2, 0.25) is 0 Å². The summed E-state index contributed by atoms with van der Waals surface area (Å²) in [5.41, 5.74) is 2.07. The van der Waals surface area contributed by atoms with Crippen LogP contribution < -0.4 is 9.80 Å². The maximum absolute atomic E-state index is 4.57. The molecule has 1 saturated heterocycles. The monoisotopic (exact) mass is 297 g/mol. The number of hydrogen-bond acceptors (Lipinski definition) is 5. The predicted molar refractivity (Wildman–Crippen MR) is 89.4 cm³/mol. The minimum absolute atomic E-state index is 0.525. The van der Waals surface area contributed by atoms with Crippen LogP contribution in [0.5, 0.6) is 0 Å². The number of aromatic nitrogens is 3. The molecule has 3 rings (SSSR count). The molecule has 5 nitrogen and oxygen atoms in total. The Bertz CT molecular complexity index is 600. The number of anilines is 2. The third kappa shape index (κ3) is 3.18. The third-order valence-electron chi connectivity index (χ3n) is 4.28. The molecule has 22 heavy (non-hydrogen) atoms. The highest BCUT2D eigenvalue weighted by Gasteiger charge is 2.24. The smallest absolute Gasteiger partial charge is 0.225 e. The van der Waals surface area contributed by atoms with Gasteiger partial charge in [0.05, 0.1) is 0 Å². The third-order valence-corrected chi connectivity index (χ3v) is 4.28. The van der Waals surface area contributed by atoms with E-state index in [4.69, 9.17) is 0 Å². The molecule has 0 aromatic carbocycles. The highest BCUT2D eigenvalue weighted by Crippen LogP contribution is 2.22. The number of pyridine rings is 1. The van der Waals surface area contributed by atoms with E-state index in [0.717, 1.165) is 49.1 Å². The van der Waals surface area contributed by atoms with Gasteiger partial charge in [-0.25, -0.2) is 15.0 Å². The Balaban J connectivity index is 1.65. The Labute approximate surface area is 132 Å². The molecule has 0 bridgehead atoms. The molecule has 1 fully saturated rings. The average molecular weight is 297 g/mol. The van der Waals surface area contributed by atoms with Gasteiger partial charge in [0.15, 0.2) is 0 Å². The Morgan fingerprint density at radius 2 is 1.77 bits per heavy atom. The molecule has 2 aromatic heterocycles. The largest absolute Gasteiger partial charge is 0.357 e. The van der Waals surface area contributed by atoms with Gasteiger partial charge in [-0.15, -0.1) is 0 Å². The molecule has 0 unspecified atom stereocenters. The molecule has 3 heterocycles. The van der Waals surface area contributed by atoms with E-state index in [1.807, 2.05) is 38.2 Å². The summed E-state index contributed by atoms with van der Waals surface area (Å²) in [5.74, 6) is 1.92. The zero-order chi connectivity index (χ0) is 15.5. The van der Waals surface area contributed by atoms with Crippen LogP contribution in [0.25, 0.3) is 0 Å². The highest BCUT2D eigenvalue weighted by molar-refractivity contribution is 5.39. The standard InChI is InChI=1S/C17H23N5/c1-13-12-14(2)20-17(19-13)22-10-7-15(8-11-22)21(3)16-6-4-5-9-18-16/h4-6,9,12,15H,7-8,10-11H2,1-3H3. The van der Waals surface area contributed by atoms with Gasteiger partial charge in [-0.1, -0.05) is 6.07 Å². The van der Waals surface area contributed by atoms with Gasteiger partial charge >= 0.3 is 0 Å². The van der Waals surface area contributed by atoms with Crippen molar-refractivity contribution in [2.24, 2.45) is 0 Å². The van der Waals surface area contributed by atoms with Crippen LogP contribution in [-0.4, -0.2) is 41.1 Å². The molecule has 0 spiro atoms. The highest BCUT2D eigenvalue weighted by atomic mass is 15.3. The summed E-state index contributed by atoms with van der Waals surface area (Å²) in [6, 6.07) is 8.61. The van der Waals surface area contributed by atoms with Crippen molar-refractivity contribution in [3.05, 3.63) is 41.9 Å². The van der Waals surface area contributed by atoms with Crippen molar-refractivity contribution in [3.8, 4) is 0 Å². The van der Waals surface area contributed by atoms with Gasteiger partial charge in [-0.05, 0) is 44.9 Å². The average Bonchev–Trinajstić information content (AvgIpc) is 2.54. The topological polar surface area (TPSA) is 45.2 Å². The Morgan fingerprint density at radius 1 is 1.09 bits per heavy atom. The van der Waals surface area contributed by atoms with E-state index >= 15 is 0 Å². The zero-order valence-corrected chi connectivity index (χ0v) is 13.5. The van der Waals surface area contributed by atoms with Gasteiger partial charge in [0.2, 0.25) is 5.95 Å². The summed E-state index contributed by atoms with van der Waals surface area (Å²) in [7, 11) is 2.13. The number of nitrogens with zero attached hydrogens (tertiary/aromatic N) is 5. The maximum atomic E-state index is 4.57. The van der Waals surface area contributed by atoms with Gasteiger partial charge in [-0.2, -0.15) is 0 Å². The Morgan fingerprint density at radius 3 is 2.36 bits per heavy atom. The lowest BCUT2D eigenvalue weighted by Crippen LogP contribution is -2.44.